The fraction of sp³-hybridized carbons (Fsp3) is 0.250. The van der Waals surface area contributed by atoms with Crippen LogP contribution in [0.3, 0.4) is 0 Å². The van der Waals surface area contributed by atoms with Gasteiger partial charge in [0.1, 0.15) is 11.6 Å². The second-order valence-electron chi connectivity index (χ2n) is 4.56. The Kier molecular flexibility index (Phi) is 4.99. The van der Waals surface area contributed by atoms with Gasteiger partial charge < -0.3 is 10.1 Å². The first-order chi connectivity index (χ1) is 9.63. The number of benzene rings is 2. The quantitative estimate of drug-likeness (QED) is 0.885. The van der Waals surface area contributed by atoms with Crippen molar-refractivity contribution in [2.24, 2.45) is 0 Å². The second-order valence-corrected chi connectivity index (χ2v) is 4.96. The van der Waals surface area contributed by atoms with Gasteiger partial charge in [-0.2, -0.15) is 0 Å². The van der Waals surface area contributed by atoms with E-state index in [1.807, 2.05) is 31.2 Å². The standard InChI is InChI=1S/C16H17ClFNO/c1-11(13-7-3-4-9-15(13)20-2)19-10-12-6-5-8-14(17)16(12)18/h3-9,11,19H,10H2,1-2H3. The fourth-order valence-corrected chi connectivity index (χ4v) is 2.28. The number of ether oxygens (including phenoxy) is 1. The van der Waals surface area contributed by atoms with Gasteiger partial charge >= 0.3 is 0 Å². The van der Waals surface area contributed by atoms with Gasteiger partial charge in [-0.05, 0) is 19.1 Å². The van der Waals surface area contributed by atoms with Crippen LogP contribution in [0.15, 0.2) is 42.5 Å². The molecule has 0 bridgehead atoms. The van der Waals surface area contributed by atoms with E-state index >= 15 is 0 Å². The van der Waals surface area contributed by atoms with Crippen LogP contribution in [0.2, 0.25) is 5.02 Å². The Morgan fingerprint density at radius 3 is 2.70 bits per heavy atom. The van der Waals surface area contributed by atoms with Crippen molar-refractivity contribution in [1.82, 2.24) is 5.32 Å². The van der Waals surface area contributed by atoms with Gasteiger partial charge in [-0.1, -0.05) is 41.9 Å². The van der Waals surface area contributed by atoms with Crippen molar-refractivity contribution in [3.05, 3.63) is 64.4 Å². The van der Waals surface area contributed by atoms with Gasteiger partial charge in [0.2, 0.25) is 0 Å². The first-order valence-corrected chi connectivity index (χ1v) is 6.80. The maximum Gasteiger partial charge on any atom is 0.146 e. The number of para-hydroxylation sites is 1. The highest BCUT2D eigenvalue weighted by Gasteiger charge is 2.12. The number of hydrogen-bond donors (Lipinski definition) is 1. The Balaban J connectivity index is 2.09. The Labute approximate surface area is 123 Å². The van der Waals surface area contributed by atoms with Gasteiger partial charge in [0, 0.05) is 23.7 Å². The smallest absolute Gasteiger partial charge is 0.146 e. The number of hydrogen-bond acceptors (Lipinski definition) is 2. The molecule has 0 radical (unpaired) electrons. The van der Waals surface area contributed by atoms with Crippen LogP contribution in [-0.2, 0) is 6.54 Å². The minimum atomic E-state index is -0.367. The third-order valence-electron chi connectivity index (χ3n) is 3.24. The molecule has 106 valence electrons. The molecule has 0 aliphatic rings. The Morgan fingerprint density at radius 1 is 1.20 bits per heavy atom. The van der Waals surface area contributed by atoms with Crippen molar-refractivity contribution in [3.8, 4) is 5.75 Å². The molecule has 2 aromatic rings. The van der Waals surface area contributed by atoms with Gasteiger partial charge in [0.25, 0.3) is 0 Å². The summed E-state index contributed by atoms with van der Waals surface area (Å²) in [7, 11) is 1.64. The molecular weight excluding hydrogens is 277 g/mol. The third kappa shape index (κ3) is 3.30. The summed E-state index contributed by atoms with van der Waals surface area (Å²) in [6.45, 7) is 2.42. The molecule has 1 unspecified atom stereocenters. The average molecular weight is 294 g/mol. The van der Waals surface area contributed by atoms with Crippen LogP contribution in [0.25, 0.3) is 0 Å². The van der Waals surface area contributed by atoms with Crippen molar-refractivity contribution in [2.45, 2.75) is 19.5 Å². The lowest BCUT2D eigenvalue weighted by Gasteiger charge is -2.17. The minimum absolute atomic E-state index is 0.0459. The Bertz CT molecular complexity index is 588. The summed E-state index contributed by atoms with van der Waals surface area (Å²) in [5.41, 5.74) is 1.59. The van der Waals surface area contributed by atoms with Crippen molar-refractivity contribution < 1.29 is 9.13 Å². The van der Waals surface area contributed by atoms with Crippen LogP contribution in [0.1, 0.15) is 24.1 Å². The normalized spacial score (nSPS) is 12.2. The molecule has 1 atom stereocenters. The molecule has 0 fully saturated rings. The molecule has 0 aliphatic heterocycles. The van der Waals surface area contributed by atoms with E-state index < -0.39 is 0 Å². The zero-order valence-corrected chi connectivity index (χ0v) is 12.2. The molecular formula is C16H17ClFNO. The number of methoxy groups -OCH3 is 1. The van der Waals surface area contributed by atoms with Gasteiger partial charge in [0.05, 0.1) is 12.1 Å². The lowest BCUT2D eigenvalue weighted by Crippen LogP contribution is -2.19. The average Bonchev–Trinajstić information content (AvgIpc) is 2.48. The zero-order chi connectivity index (χ0) is 14.5. The molecule has 0 heterocycles. The predicted molar refractivity (Wildman–Crippen MR) is 79.7 cm³/mol. The summed E-state index contributed by atoms with van der Waals surface area (Å²) >= 11 is 5.77. The number of nitrogens with one attached hydrogen (secondary N) is 1. The van der Waals surface area contributed by atoms with E-state index in [9.17, 15) is 4.39 Å². The predicted octanol–water partition coefficient (Wildman–Crippen LogP) is 4.34. The number of rotatable bonds is 5. The largest absolute Gasteiger partial charge is 0.496 e. The molecule has 4 heteroatoms. The molecule has 0 saturated heterocycles. The minimum Gasteiger partial charge on any atom is -0.496 e. The van der Waals surface area contributed by atoms with E-state index in [-0.39, 0.29) is 16.9 Å². The maximum atomic E-state index is 13.8. The van der Waals surface area contributed by atoms with Crippen LogP contribution in [-0.4, -0.2) is 7.11 Å². The van der Waals surface area contributed by atoms with Crippen LogP contribution in [0, 0.1) is 5.82 Å². The number of halogens is 2. The van der Waals surface area contributed by atoms with Crippen LogP contribution >= 0.6 is 11.6 Å². The van der Waals surface area contributed by atoms with Crippen molar-refractivity contribution >= 4 is 11.6 Å². The molecule has 0 aliphatic carbocycles. The van der Waals surface area contributed by atoms with E-state index in [2.05, 4.69) is 5.32 Å². The molecule has 0 spiro atoms. The Hall–Kier alpha value is -1.58. The molecule has 20 heavy (non-hydrogen) atoms. The monoisotopic (exact) mass is 293 g/mol. The van der Waals surface area contributed by atoms with E-state index in [0.29, 0.717) is 12.1 Å². The molecule has 0 aromatic heterocycles. The summed E-state index contributed by atoms with van der Waals surface area (Å²) in [5, 5.41) is 3.43. The maximum absolute atomic E-state index is 13.8. The lowest BCUT2D eigenvalue weighted by atomic mass is 10.1. The van der Waals surface area contributed by atoms with Gasteiger partial charge in [-0.25, -0.2) is 4.39 Å². The highest BCUT2D eigenvalue weighted by atomic mass is 35.5. The van der Waals surface area contributed by atoms with Crippen molar-refractivity contribution in [1.29, 1.82) is 0 Å². The van der Waals surface area contributed by atoms with Crippen LogP contribution in [0.5, 0.6) is 5.75 Å². The van der Waals surface area contributed by atoms with Gasteiger partial charge in [-0.3, -0.25) is 0 Å². The molecule has 0 amide bonds. The van der Waals surface area contributed by atoms with Crippen LogP contribution in [0.4, 0.5) is 4.39 Å². The van der Waals surface area contributed by atoms with E-state index in [0.717, 1.165) is 11.3 Å². The summed E-state index contributed by atoms with van der Waals surface area (Å²) < 4.78 is 19.1. The molecule has 2 rings (SSSR count). The van der Waals surface area contributed by atoms with Crippen molar-refractivity contribution in [3.63, 3.8) is 0 Å². The fourth-order valence-electron chi connectivity index (χ4n) is 2.08. The SMILES string of the molecule is COc1ccccc1C(C)NCc1cccc(Cl)c1F. The molecule has 2 aromatic carbocycles. The summed E-state index contributed by atoms with van der Waals surface area (Å²) in [6.07, 6.45) is 0. The van der Waals surface area contributed by atoms with Gasteiger partial charge in [-0.15, -0.1) is 0 Å². The van der Waals surface area contributed by atoms with Crippen LogP contribution < -0.4 is 10.1 Å². The molecule has 0 saturated carbocycles. The molecule has 1 N–H and O–H groups in total. The zero-order valence-electron chi connectivity index (χ0n) is 11.5. The van der Waals surface area contributed by atoms with Gasteiger partial charge in [0.15, 0.2) is 0 Å². The van der Waals surface area contributed by atoms with Crippen molar-refractivity contribution in [2.75, 3.05) is 7.11 Å². The summed E-state index contributed by atoms with van der Waals surface area (Å²) in [4.78, 5) is 0. The summed E-state index contributed by atoms with van der Waals surface area (Å²) in [6, 6.07) is 12.8. The lowest BCUT2D eigenvalue weighted by molar-refractivity contribution is 0.401. The third-order valence-corrected chi connectivity index (χ3v) is 3.53. The topological polar surface area (TPSA) is 21.3 Å². The first kappa shape index (κ1) is 14.8. The second kappa shape index (κ2) is 6.73. The van der Waals surface area contributed by atoms with E-state index in [1.165, 1.54) is 0 Å². The Morgan fingerprint density at radius 2 is 1.95 bits per heavy atom. The highest BCUT2D eigenvalue weighted by Crippen LogP contribution is 2.25. The molecule has 2 nitrogen and oxygen atoms in total. The first-order valence-electron chi connectivity index (χ1n) is 6.42. The summed E-state index contributed by atoms with van der Waals surface area (Å²) in [5.74, 6) is 0.452. The van der Waals surface area contributed by atoms with E-state index in [4.69, 9.17) is 16.3 Å². The highest BCUT2D eigenvalue weighted by molar-refractivity contribution is 6.30. The van der Waals surface area contributed by atoms with E-state index in [1.54, 1.807) is 25.3 Å².